The molecular weight excluding hydrogens is 394 g/mol. The second-order valence-corrected chi connectivity index (χ2v) is 6.25. The Morgan fingerprint density at radius 2 is 1.74 bits per heavy atom. The SMILES string of the molecule is COc1ccc(C=C(NC(=O)c2ccco2)C(=O)NN=CC=Cc2ccccc2)cc1. The maximum Gasteiger partial charge on any atom is 0.291 e. The largest absolute Gasteiger partial charge is 0.497 e. The van der Waals surface area contributed by atoms with Crippen LogP contribution in [0.15, 0.2) is 94.3 Å². The van der Waals surface area contributed by atoms with Crippen molar-refractivity contribution in [2.24, 2.45) is 5.10 Å². The van der Waals surface area contributed by atoms with Crippen molar-refractivity contribution >= 4 is 30.2 Å². The van der Waals surface area contributed by atoms with Gasteiger partial charge in [0.1, 0.15) is 11.4 Å². The zero-order chi connectivity index (χ0) is 21.9. The van der Waals surface area contributed by atoms with Gasteiger partial charge in [-0.3, -0.25) is 9.59 Å². The molecule has 0 fully saturated rings. The number of carbonyl (C=O) groups is 2. The fourth-order valence-electron chi connectivity index (χ4n) is 2.53. The quantitative estimate of drug-likeness (QED) is 0.332. The second-order valence-electron chi connectivity index (χ2n) is 6.25. The van der Waals surface area contributed by atoms with Crippen LogP contribution in [0.4, 0.5) is 0 Å². The number of ether oxygens (including phenoxy) is 1. The highest BCUT2D eigenvalue weighted by molar-refractivity contribution is 6.04. The number of hydrogen-bond donors (Lipinski definition) is 2. The normalized spacial score (nSPS) is 11.6. The molecule has 7 heteroatoms. The fourth-order valence-corrected chi connectivity index (χ4v) is 2.53. The van der Waals surface area contributed by atoms with Crippen LogP contribution in [0.25, 0.3) is 12.2 Å². The maximum atomic E-state index is 12.6. The molecule has 0 saturated heterocycles. The van der Waals surface area contributed by atoms with Crippen molar-refractivity contribution in [3.05, 3.63) is 102 Å². The smallest absolute Gasteiger partial charge is 0.291 e. The zero-order valence-corrected chi connectivity index (χ0v) is 16.8. The molecule has 0 saturated carbocycles. The Morgan fingerprint density at radius 3 is 2.42 bits per heavy atom. The highest BCUT2D eigenvalue weighted by Gasteiger charge is 2.16. The van der Waals surface area contributed by atoms with Gasteiger partial charge in [0.05, 0.1) is 13.4 Å². The molecule has 2 N–H and O–H groups in total. The minimum absolute atomic E-state index is 0.00996. The monoisotopic (exact) mass is 415 g/mol. The molecule has 2 amide bonds. The maximum absolute atomic E-state index is 12.6. The molecule has 156 valence electrons. The van der Waals surface area contributed by atoms with Crippen LogP contribution in [-0.4, -0.2) is 25.1 Å². The molecule has 7 nitrogen and oxygen atoms in total. The summed E-state index contributed by atoms with van der Waals surface area (Å²) in [5.41, 5.74) is 4.11. The van der Waals surface area contributed by atoms with Gasteiger partial charge in [0.15, 0.2) is 5.76 Å². The Bertz CT molecular complexity index is 1080. The van der Waals surface area contributed by atoms with Gasteiger partial charge < -0.3 is 14.5 Å². The van der Waals surface area contributed by atoms with E-state index in [2.05, 4.69) is 15.8 Å². The van der Waals surface area contributed by atoms with E-state index in [-0.39, 0.29) is 11.5 Å². The standard InChI is InChI=1S/C24H21N3O4/c1-30-20-13-11-19(12-14-20)17-21(26-24(29)22-10-6-16-31-22)23(28)27-25-15-5-9-18-7-3-2-4-8-18/h2-17H,1H3,(H,26,29)(H,27,28). The Kier molecular flexibility index (Phi) is 7.54. The van der Waals surface area contributed by atoms with Crippen LogP contribution in [0.3, 0.4) is 0 Å². The van der Waals surface area contributed by atoms with Gasteiger partial charge in [-0.25, -0.2) is 5.43 Å². The average molecular weight is 415 g/mol. The van der Waals surface area contributed by atoms with Gasteiger partial charge in [-0.2, -0.15) is 5.10 Å². The number of furan rings is 1. The lowest BCUT2D eigenvalue weighted by Gasteiger charge is -2.08. The van der Waals surface area contributed by atoms with E-state index in [4.69, 9.17) is 9.15 Å². The van der Waals surface area contributed by atoms with E-state index in [0.717, 1.165) is 5.56 Å². The first-order chi connectivity index (χ1) is 15.2. The van der Waals surface area contributed by atoms with Crippen molar-refractivity contribution in [1.82, 2.24) is 10.7 Å². The van der Waals surface area contributed by atoms with Crippen molar-refractivity contribution in [2.75, 3.05) is 7.11 Å². The number of hydrogen-bond acceptors (Lipinski definition) is 5. The molecule has 0 aliphatic heterocycles. The fraction of sp³-hybridized carbons (Fsp3) is 0.0417. The van der Waals surface area contributed by atoms with Crippen molar-refractivity contribution in [1.29, 1.82) is 0 Å². The van der Waals surface area contributed by atoms with Crippen molar-refractivity contribution < 1.29 is 18.7 Å². The predicted octanol–water partition coefficient (Wildman–Crippen LogP) is 3.87. The summed E-state index contributed by atoms with van der Waals surface area (Å²) in [6.07, 6.45) is 7.91. The first-order valence-corrected chi connectivity index (χ1v) is 9.41. The van der Waals surface area contributed by atoms with E-state index in [0.29, 0.717) is 11.3 Å². The zero-order valence-electron chi connectivity index (χ0n) is 16.8. The van der Waals surface area contributed by atoms with Crippen LogP contribution < -0.4 is 15.5 Å². The Labute approximate surface area is 179 Å². The molecule has 0 unspecified atom stereocenters. The molecule has 0 spiro atoms. The van der Waals surface area contributed by atoms with Gasteiger partial charge >= 0.3 is 0 Å². The summed E-state index contributed by atoms with van der Waals surface area (Å²) in [7, 11) is 1.57. The van der Waals surface area contributed by atoms with Gasteiger partial charge in [-0.05, 0) is 47.5 Å². The van der Waals surface area contributed by atoms with Gasteiger partial charge in [-0.1, -0.05) is 48.5 Å². The summed E-state index contributed by atoms with van der Waals surface area (Å²) in [6, 6.07) is 19.8. The van der Waals surface area contributed by atoms with Gasteiger partial charge in [0.2, 0.25) is 0 Å². The molecule has 3 rings (SSSR count). The average Bonchev–Trinajstić information content (AvgIpc) is 3.35. The number of nitrogens with one attached hydrogen (secondary N) is 2. The van der Waals surface area contributed by atoms with Crippen LogP contribution in [0, 0.1) is 0 Å². The van der Waals surface area contributed by atoms with Crippen LogP contribution in [0.1, 0.15) is 21.7 Å². The van der Waals surface area contributed by atoms with Crippen molar-refractivity contribution in [3.8, 4) is 5.75 Å². The number of nitrogens with zero attached hydrogens (tertiary/aromatic N) is 1. The number of rotatable bonds is 8. The predicted molar refractivity (Wildman–Crippen MR) is 119 cm³/mol. The Morgan fingerprint density at radius 1 is 0.968 bits per heavy atom. The molecule has 0 radical (unpaired) electrons. The minimum atomic E-state index is -0.583. The summed E-state index contributed by atoms with van der Waals surface area (Å²) >= 11 is 0. The van der Waals surface area contributed by atoms with E-state index in [1.54, 1.807) is 43.5 Å². The van der Waals surface area contributed by atoms with E-state index in [1.807, 2.05) is 36.4 Å². The number of hydrazone groups is 1. The molecule has 31 heavy (non-hydrogen) atoms. The summed E-state index contributed by atoms with van der Waals surface area (Å²) < 4.78 is 10.2. The third-order valence-corrected chi connectivity index (χ3v) is 4.08. The van der Waals surface area contributed by atoms with Crippen LogP contribution in [-0.2, 0) is 4.79 Å². The second kappa shape index (κ2) is 11.0. The molecule has 1 heterocycles. The van der Waals surface area contributed by atoms with Gasteiger partial charge in [-0.15, -0.1) is 0 Å². The molecular formula is C24H21N3O4. The summed E-state index contributed by atoms with van der Waals surface area (Å²) in [5, 5.41) is 6.46. The van der Waals surface area contributed by atoms with Crippen LogP contribution in [0.5, 0.6) is 5.75 Å². The lowest BCUT2D eigenvalue weighted by atomic mass is 10.1. The molecule has 0 aliphatic rings. The highest BCUT2D eigenvalue weighted by atomic mass is 16.5. The van der Waals surface area contributed by atoms with Crippen molar-refractivity contribution in [2.45, 2.75) is 0 Å². The number of amides is 2. The highest BCUT2D eigenvalue weighted by Crippen LogP contribution is 2.14. The molecule has 3 aromatic rings. The Hall–Kier alpha value is -4.39. The Balaban J connectivity index is 1.71. The topological polar surface area (TPSA) is 92.9 Å². The van der Waals surface area contributed by atoms with E-state index >= 15 is 0 Å². The third kappa shape index (κ3) is 6.57. The first kappa shape index (κ1) is 21.3. The molecule has 0 bridgehead atoms. The molecule has 2 aromatic carbocycles. The number of methoxy groups -OCH3 is 1. The lowest BCUT2D eigenvalue weighted by molar-refractivity contribution is -0.117. The van der Waals surface area contributed by atoms with Gasteiger partial charge in [0, 0.05) is 6.21 Å². The van der Waals surface area contributed by atoms with E-state index in [1.165, 1.54) is 24.6 Å². The van der Waals surface area contributed by atoms with Crippen LogP contribution in [0.2, 0.25) is 0 Å². The van der Waals surface area contributed by atoms with E-state index < -0.39 is 11.8 Å². The summed E-state index contributed by atoms with van der Waals surface area (Å²) in [4.78, 5) is 25.0. The number of allylic oxidation sites excluding steroid dienone is 1. The van der Waals surface area contributed by atoms with Crippen LogP contribution >= 0.6 is 0 Å². The first-order valence-electron chi connectivity index (χ1n) is 9.41. The molecule has 0 atom stereocenters. The minimum Gasteiger partial charge on any atom is -0.497 e. The number of carbonyl (C=O) groups excluding carboxylic acids is 2. The van der Waals surface area contributed by atoms with E-state index in [9.17, 15) is 9.59 Å². The third-order valence-electron chi connectivity index (χ3n) is 4.08. The summed E-state index contributed by atoms with van der Waals surface area (Å²) in [5.74, 6) is -0.367. The summed E-state index contributed by atoms with van der Waals surface area (Å²) in [6.45, 7) is 0. The molecule has 0 aliphatic carbocycles. The molecule has 1 aromatic heterocycles. The van der Waals surface area contributed by atoms with Crippen molar-refractivity contribution in [3.63, 3.8) is 0 Å². The lowest BCUT2D eigenvalue weighted by Crippen LogP contribution is -2.32. The number of benzene rings is 2. The van der Waals surface area contributed by atoms with Gasteiger partial charge in [0.25, 0.3) is 11.8 Å².